The van der Waals surface area contributed by atoms with Gasteiger partial charge in [0.05, 0.1) is 19.6 Å². The van der Waals surface area contributed by atoms with Crippen molar-refractivity contribution in [1.29, 1.82) is 0 Å². The summed E-state index contributed by atoms with van der Waals surface area (Å²) in [5.74, 6) is 0.391. The maximum atomic E-state index is 11.9. The van der Waals surface area contributed by atoms with Crippen molar-refractivity contribution in [2.24, 2.45) is 5.92 Å². The molecule has 0 radical (unpaired) electrons. The Kier molecular flexibility index (Phi) is 6.16. The zero-order valence-corrected chi connectivity index (χ0v) is 14.0. The molecule has 1 aliphatic heterocycles. The summed E-state index contributed by atoms with van der Waals surface area (Å²) in [6, 6.07) is 6.79. The Hall–Kier alpha value is -2.12. The van der Waals surface area contributed by atoms with Crippen molar-refractivity contribution in [3.05, 3.63) is 29.8 Å². The highest BCUT2D eigenvalue weighted by Crippen LogP contribution is 2.27. The number of rotatable bonds is 7. The maximum absolute atomic E-state index is 11.9. The molecule has 1 aromatic carbocycles. The van der Waals surface area contributed by atoms with E-state index in [1.807, 2.05) is 6.07 Å². The number of nitrogens with zero attached hydrogens (tertiary/aromatic N) is 1. The lowest BCUT2D eigenvalue weighted by Crippen LogP contribution is -2.30. The summed E-state index contributed by atoms with van der Waals surface area (Å²) in [4.78, 5) is 36.2. The molecule has 8 heteroatoms. The Balaban J connectivity index is 0.00000208. The summed E-state index contributed by atoms with van der Waals surface area (Å²) in [6.07, 6.45) is 2.50. The van der Waals surface area contributed by atoms with Gasteiger partial charge in [-0.1, -0.05) is 12.1 Å². The van der Waals surface area contributed by atoms with E-state index < -0.39 is 0 Å². The number of imide groups is 1. The molecule has 1 saturated carbocycles. The molecular weight excluding hydrogens is 332 g/mol. The minimum absolute atomic E-state index is 0. The number of halogens is 1. The lowest BCUT2D eigenvalue weighted by molar-refractivity contribution is -0.125. The fourth-order valence-electron chi connectivity index (χ4n) is 2.46. The van der Waals surface area contributed by atoms with Crippen molar-refractivity contribution in [3.63, 3.8) is 0 Å². The van der Waals surface area contributed by atoms with Crippen molar-refractivity contribution in [2.75, 3.05) is 25.0 Å². The highest BCUT2D eigenvalue weighted by molar-refractivity contribution is 6.01. The molecule has 2 fully saturated rings. The number of hydrogen-bond donors (Lipinski definition) is 3. The number of amides is 4. The summed E-state index contributed by atoms with van der Waals surface area (Å²) in [5.41, 5.74) is 1.45. The summed E-state index contributed by atoms with van der Waals surface area (Å²) in [7, 11) is 0. The maximum Gasteiger partial charge on any atom is 0.324 e. The van der Waals surface area contributed by atoms with Crippen LogP contribution in [0.25, 0.3) is 0 Å². The predicted octanol–water partition coefficient (Wildman–Crippen LogP) is 1.10. The lowest BCUT2D eigenvalue weighted by atomic mass is 10.2. The third kappa shape index (κ3) is 4.94. The third-order valence-corrected chi connectivity index (χ3v) is 3.90. The van der Waals surface area contributed by atoms with Crippen molar-refractivity contribution in [2.45, 2.75) is 19.4 Å². The van der Waals surface area contributed by atoms with Crippen LogP contribution < -0.4 is 16.0 Å². The molecule has 1 aromatic rings. The van der Waals surface area contributed by atoms with Gasteiger partial charge in [-0.15, -0.1) is 12.4 Å². The molecule has 0 aromatic heterocycles. The van der Waals surface area contributed by atoms with Gasteiger partial charge in [-0.2, -0.15) is 0 Å². The van der Waals surface area contributed by atoms with E-state index >= 15 is 0 Å². The Bertz CT molecular complexity index is 618. The van der Waals surface area contributed by atoms with E-state index in [1.54, 1.807) is 18.2 Å². The first-order valence-corrected chi connectivity index (χ1v) is 7.79. The van der Waals surface area contributed by atoms with Gasteiger partial charge < -0.3 is 16.0 Å². The fraction of sp³-hybridized carbons (Fsp3) is 0.438. The topological polar surface area (TPSA) is 90.5 Å². The van der Waals surface area contributed by atoms with Crippen molar-refractivity contribution in [3.8, 4) is 0 Å². The van der Waals surface area contributed by atoms with Crippen LogP contribution in [-0.2, 0) is 16.1 Å². The molecule has 0 unspecified atom stereocenters. The van der Waals surface area contributed by atoms with E-state index in [-0.39, 0.29) is 49.9 Å². The third-order valence-electron chi connectivity index (χ3n) is 3.90. The van der Waals surface area contributed by atoms with Gasteiger partial charge in [0.25, 0.3) is 0 Å². The molecule has 7 nitrogen and oxygen atoms in total. The predicted molar refractivity (Wildman–Crippen MR) is 91.9 cm³/mol. The number of urea groups is 1. The van der Waals surface area contributed by atoms with Gasteiger partial charge in [0, 0.05) is 5.69 Å². The van der Waals surface area contributed by atoms with E-state index in [2.05, 4.69) is 16.0 Å². The normalized spacial score (nSPS) is 16.6. The van der Waals surface area contributed by atoms with Gasteiger partial charge in [0.2, 0.25) is 11.8 Å². The average Bonchev–Trinajstić information content (AvgIpc) is 3.29. The molecule has 130 valence electrons. The molecule has 3 rings (SSSR count). The Labute approximate surface area is 146 Å². The monoisotopic (exact) mass is 352 g/mol. The highest BCUT2D eigenvalue weighted by Gasteiger charge is 2.28. The summed E-state index contributed by atoms with van der Waals surface area (Å²) < 4.78 is 0. The number of anilines is 1. The molecule has 2 aliphatic rings. The van der Waals surface area contributed by atoms with Gasteiger partial charge in [-0.3, -0.25) is 14.5 Å². The van der Waals surface area contributed by atoms with Gasteiger partial charge in [0.1, 0.15) is 0 Å². The first-order valence-electron chi connectivity index (χ1n) is 7.79. The van der Waals surface area contributed by atoms with E-state index in [4.69, 9.17) is 0 Å². The minimum atomic E-state index is -0.381. The fourth-order valence-corrected chi connectivity index (χ4v) is 2.46. The first-order chi connectivity index (χ1) is 11.1. The van der Waals surface area contributed by atoms with Crippen molar-refractivity contribution >= 4 is 35.9 Å². The number of hydrogen-bond acceptors (Lipinski definition) is 4. The largest absolute Gasteiger partial charge is 0.329 e. The second-order valence-electron chi connectivity index (χ2n) is 5.96. The van der Waals surface area contributed by atoms with Crippen LogP contribution in [0.3, 0.4) is 0 Å². The van der Waals surface area contributed by atoms with Crippen LogP contribution in [0.1, 0.15) is 18.4 Å². The Morgan fingerprint density at radius 3 is 2.75 bits per heavy atom. The first kappa shape index (κ1) is 18.2. The van der Waals surface area contributed by atoms with Crippen LogP contribution in [-0.4, -0.2) is 42.4 Å². The van der Waals surface area contributed by atoms with Gasteiger partial charge in [-0.05, 0) is 43.0 Å². The molecule has 1 aliphatic carbocycles. The zero-order valence-electron chi connectivity index (χ0n) is 13.2. The van der Waals surface area contributed by atoms with E-state index in [0.29, 0.717) is 5.69 Å². The number of benzene rings is 1. The van der Waals surface area contributed by atoms with Gasteiger partial charge in [0.15, 0.2) is 0 Å². The quantitative estimate of drug-likeness (QED) is 0.641. The highest BCUT2D eigenvalue weighted by atomic mass is 35.5. The summed E-state index contributed by atoms with van der Waals surface area (Å²) in [5, 5.41) is 8.44. The summed E-state index contributed by atoms with van der Waals surface area (Å²) in [6.45, 7) is 1.42. The molecule has 4 amide bonds. The molecule has 3 N–H and O–H groups in total. The molecule has 0 bridgehead atoms. The van der Waals surface area contributed by atoms with Gasteiger partial charge in [-0.25, -0.2) is 4.79 Å². The SMILES string of the molecule is Cl.O=C(CNCC1CC1)Nc1cccc(CN2C(=O)CNC2=O)c1. The van der Waals surface area contributed by atoms with E-state index in [1.165, 1.54) is 12.8 Å². The Morgan fingerprint density at radius 1 is 1.29 bits per heavy atom. The van der Waals surface area contributed by atoms with E-state index in [0.717, 1.165) is 22.9 Å². The molecule has 24 heavy (non-hydrogen) atoms. The number of carbonyl (C=O) groups is 3. The summed E-state index contributed by atoms with van der Waals surface area (Å²) >= 11 is 0. The zero-order chi connectivity index (χ0) is 16.2. The minimum Gasteiger partial charge on any atom is -0.329 e. The number of carbonyl (C=O) groups excluding carboxylic acids is 3. The Morgan fingerprint density at radius 2 is 2.08 bits per heavy atom. The second-order valence-corrected chi connectivity index (χ2v) is 5.96. The van der Waals surface area contributed by atoms with Gasteiger partial charge >= 0.3 is 6.03 Å². The van der Waals surface area contributed by atoms with Crippen molar-refractivity contribution < 1.29 is 14.4 Å². The smallest absolute Gasteiger partial charge is 0.324 e. The standard InChI is InChI=1S/C16H20N4O3.ClH/c21-14(8-17-7-11-4-5-11)19-13-3-1-2-12(6-13)10-20-15(22)9-18-16(20)23;/h1-3,6,11,17H,4-5,7-10H2,(H,18,23)(H,19,21);1H. The van der Waals surface area contributed by atoms with Crippen LogP contribution in [0.5, 0.6) is 0 Å². The second kappa shape index (κ2) is 8.12. The van der Waals surface area contributed by atoms with Crippen LogP contribution in [0.15, 0.2) is 24.3 Å². The molecule has 1 saturated heterocycles. The molecule has 0 atom stereocenters. The molecule has 1 heterocycles. The van der Waals surface area contributed by atoms with Crippen LogP contribution in [0.2, 0.25) is 0 Å². The lowest BCUT2D eigenvalue weighted by Gasteiger charge is -2.13. The number of nitrogens with one attached hydrogen (secondary N) is 3. The van der Waals surface area contributed by atoms with Crippen LogP contribution in [0.4, 0.5) is 10.5 Å². The molecular formula is C16H21ClN4O3. The molecule has 0 spiro atoms. The average molecular weight is 353 g/mol. The van der Waals surface area contributed by atoms with E-state index in [9.17, 15) is 14.4 Å². The van der Waals surface area contributed by atoms with Crippen LogP contribution >= 0.6 is 12.4 Å². The van der Waals surface area contributed by atoms with Crippen molar-refractivity contribution in [1.82, 2.24) is 15.5 Å². The van der Waals surface area contributed by atoms with Crippen LogP contribution in [0, 0.1) is 5.92 Å².